The molecule has 7 nitrogen and oxygen atoms in total. The maximum Gasteiger partial charge on any atom is 0.316 e. The van der Waals surface area contributed by atoms with Crippen LogP contribution in [-0.2, 0) is 14.3 Å². The zero-order valence-electron chi connectivity index (χ0n) is 17.6. The van der Waals surface area contributed by atoms with Crippen LogP contribution in [0.15, 0.2) is 10.6 Å². The predicted octanol–water partition coefficient (Wildman–Crippen LogP) is 3.62. The average Bonchev–Trinajstić information content (AvgIpc) is 3.07. The summed E-state index contributed by atoms with van der Waals surface area (Å²) in [5.74, 6) is -0.107. The number of benzene rings is 1. The van der Waals surface area contributed by atoms with E-state index >= 15 is 0 Å². The molecule has 2 aromatic rings. The van der Waals surface area contributed by atoms with Gasteiger partial charge in [0.15, 0.2) is 12.4 Å². The lowest BCUT2D eigenvalue weighted by Gasteiger charge is -2.17. The Morgan fingerprint density at radius 2 is 1.55 bits per heavy atom. The van der Waals surface area contributed by atoms with Gasteiger partial charge in [0, 0.05) is 11.6 Å². The van der Waals surface area contributed by atoms with E-state index in [9.17, 15) is 14.4 Å². The summed E-state index contributed by atoms with van der Waals surface area (Å²) in [5.41, 5.74) is 5.78. The summed E-state index contributed by atoms with van der Waals surface area (Å²) in [7, 11) is 0. The van der Waals surface area contributed by atoms with E-state index in [0.717, 1.165) is 34.0 Å². The molecule has 0 aliphatic carbocycles. The number of hydrogen-bond donors (Lipinski definition) is 1. The molecule has 1 amide bonds. The second-order valence-electron chi connectivity index (χ2n) is 6.95. The zero-order chi connectivity index (χ0) is 21.7. The number of aromatic nitrogens is 1. The SMILES string of the molecule is Cc1cc(NC(=O)CSCC(=O)OCC(=O)c2c(C)c(C)c(C)c(C)c2C)no1. The Bertz CT molecular complexity index is 920. The molecule has 0 spiro atoms. The predicted molar refractivity (Wildman–Crippen MR) is 113 cm³/mol. The van der Waals surface area contributed by atoms with Crippen molar-refractivity contribution in [2.45, 2.75) is 41.5 Å². The highest BCUT2D eigenvalue weighted by Gasteiger charge is 2.19. The Morgan fingerprint density at radius 3 is 2.10 bits per heavy atom. The molecule has 8 heteroatoms. The number of carbonyl (C=O) groups is 3. The second kappa shape index (κ2) is 9.73. The van der Waals surface area contributed by atoms with Crippen molar-refractivity contribution in [1.29, 1.82) is 0 Å². The van der Waals surface area contributed by atoms with E-state index in [1.54, 1.807) is 13.0 Å². The van der Waals surface area contributed by atoms with Crippen LogP contribution >= 0.6 is 11.8 Å². The van der Waals surface area contributed by atoms with E-state index < -0.39 is 5.97 Å². The first-order chi connectivity index (χ1) is 13.6. The van der Waals surface area contributed by atoms with Gasteiger partial charge in [-0.1, -0.05) is 5.16 Å². The van der Waals surface area contributed by atoms with E-state index in [0.29, 0.717) is 17.1 Å². The Hall–Kier alpha value is -2.61. The van der Waals surface area contributed by atoms with Crippen LogP contribution in [0.1, 0.15) is 43.9 Å². The van der Waals surface area contributed by atoms with E-state index in [1.165, 1.54) is 5.56 Å². The van der Waals surface area contributed by atoms with Gasteiger partial charge in [-0.25, -0.2) is 0 Å². The van der Waals surface area contributed by atoms with Crippen molar-refractivity contribution in [3.05, 3.63) is 45.2 Å². The number of amides is 1. The molecule has 0 fully saturated rings. The molecule has 2 rings (SSSR count). The lowest BCUT2D eigenvalue weighted by Crippen LogP contribution is -2.20. The number of rotatable bonds is 8. The molecule has 1 N–H and O–H groups in total. The minimum atomic E-state index is -0.538. The topological polar surface area (TPSA) is 98.5 Å². The fourth-order valence-electron chi connectivity index (χ4n) is 3.01. The molecular formula is C21H26N2O5S. The molecular weight excluding hydrogens is 392 g/mol. The molecule has 0 saturated heterocycles. The first kappa shape index (κ1) is 22.7. The zero-order valence-corrected chi connectivity index (χ0v) is 18.4. The van der Waals surface area contributed by atoms with Gasteiger partial charge in [-0.3, -0.25) is 14.4 Å². The molecule has 0 saturated carbocycles. The van der Waals surface area contributed by atoms with E-state index in [4.69, 9.17) is 9.26 Å². The van der Waals surface area contributed by atoms with Crippen molar-refractivity contribution in [2.75, 3.05) is 23.4 Å². The highest BCUT2D eigenvalue weighted by Crippen LogP contribution is 2.26. The molecule has 1 heterocycles. The van der Waals surface area contributed by atoms with Crippen molar-refractivity contribution in [3.63, 3.8) is 0 Å². The molecule has 156 valence electrons. The minimum absolute atomic E-state index is 0.0253. The first-order valence-corrected chi connectivity index (χ1v) is 10.3. The number of nitrogens with one attached hydrogen (secondary N) is 1. The highest BCUT2D eigenvalue weighted by molar-refractivity contribution is 8.00. The third-order valence-electron chi connectivity index (χ3n) is 4.99. The van der Waals surface area contributed by atoms with Crippen molar-refractivity contribution < 1.29 is 23.6 Å². The van der Waals surface area contributed by atoms with E-state index in [2.05, 4.69) is 10.5 Å². The minimum Gasteiger partial charge on any atom is -0.457 e. The summed E-state index contributed by atoms with van der Waals surface area (Å²) in [6.45, 7) is 11.2. The Kier molecular flexibility index (Phi) is 7.61. The van der Waals surface area contributed by atoms with E-state index in [1.807, 2.05) is 34.6 Å². The molecule has 29 heavy (non-hydrogen) atoms. The monoisotopic (exact) mass is 418 g/mol. The fraction of sp³-hybridized carbons (Fsp3) is 0.429. The summed E-state index contributed by atoms with van der Waals surface area (Å²) >= 11 is 1.10. The lowest BCUT2D eigenvalue weighted by molar-refractivity contribution is -0.139. The standard InChI is InChI=1S/C21H26N2O5S/c1-11-7-18(23-28-11)22-19(25)9-29-10-20(26)27-8-17(24)21-15(5)13(3)12(2)14(4)16(21)6/h7H,8-10H2,1-6H3,(H,22,23,25). The van der Waals surface area contributed by atoms with Crippen molar-refractivity contribution in [2.24, 2.45) is 0 Å². The molecule has 0 aliphatic heterocycles. The number of anilines is 1. The van der Waals surface area contributed by atoms with Crippen LogP contribution < -0.4 is 5.32 Å². The number of thioether (sulfide) groups is 1. The number of aryl methyl sites for hydroxylation is 1. The Labute approximate surface area is 174 Å². The van der Waals surface area contributed by atoms with Gasteiger partial charge in [0.1, 0.15) is 5.76 Å². The Morgan fingerprint density at radius 1 is 0.966 bits per heavy atom. The lowest BCUT2D eigenvalue weighted by atomic mass is 9.88. The largest absolute Gasteiger partial charge is 0.457 e. The summed E-state index contributed by atoms with van der Waals surface area (Å²) < 4.78 is 9.97. The summed E-state index contributed by atoms with van der Waals surface area (Å²) in [4.78, 5) is 36.4. The number of esters is 1. The number of ether oxygens (including phenoxy) is 1. The molecule has 1 aromatic heterocycles. The van der Waals surface area contributed by atoms with Crippen LogP contribution in [0.3, 0.4) is 0 Å². The number of nitrogens with zero attached hydrogens (tertiary/aromatic N) is 1. The van der Waals surface area contributed by atoms with Crippen LogP contribution in [0.4, 0.5) is 5.82 Å². The van der Waals surface area contributed by atoms with Crippen LogP contribution in [-0.4, -0.2) is 40.9 Å². The second-order valence-corrected chi connectivity index (χ2v) is 7.93. The maximum atomic E-state index is 12.6. The van der Waals surface area contributed by atoms with Gasteiger partial charge in [0.05, 0.1) is 11.5 Å². The van der Waals surface area contributed by atoms with Gasteiger partial charge in [-0.15, -0.1) is 11.8 Å². The summed E-state index contributed by atoms with van der Waals surface area (Å²) in [6, 6.07) is 1.60. The van der Waals surface area contributed by atoms with Crippen molar-refractivity contribution >= 4 is 35.2 Å². The van der Waals surface area contributed by atoms with Gasteiger partial charge >= 0.3 is 5.97 Å². The van der Waals surface area contributed by atoms with Crippen LogP contribution in [0.2, 0.25) is 0 Å². The molecule has 0 atom stereocenters. The molecule has 0 aliphatic rings. The first-order valence-electron chi connectivity index (χ1n) is 9.18. The number of ketones is 1. The summed E-state index contributed by atoms with van der Waals surface area (Å²) in [5, 5.41) is 6.23. The van der Waals surface area contributed by atoms with E-state index in [-0.39, 0.29) is 29.8 Å². The third kappa shape index (κ3) is 5.69. The number of Topliss-reactive ketones (excluding diaryl/α,β-unsaturated/α-hetero) is 1. The fourth-order valence-corrected chi connectivity index (χ4v) is 3.62. The summed E-state index contributed by atoms with van der Waals surface area (Å²) in [6.07, 6.45) is 0. The quantitative estimate of drug-likeness (QED) is 0.516. The third-order valence-corrected chi connectivity index (χ3v) is 5.90. The maximum absolute atomic E-state index is 12.6. The average molecular weight is 419 g/mol. The number of hydrogen-bond acceptors (Lipinski definition) is 7. The smallest absolute Gasteiger partial charge is 0.316 e. The van der Waals surface area contributed by atoms with Gasteiger partial charge < -0.3 is 14.6 Å². The normalized spacial score (nSPS) is 10.7. The van der Waals surface area contributed by atoms with Gasteiger partial charge in [-0.2, -0.15) is 0 Å². The van der Waals surface area contributed by atoms with Gasteiger partial charge in [-0.05, 0) is 69.4 Å². The van der Waals surface area contributed by atoms with Crippen LogP contribution in [0.25, 0.3) is 0 Å². The molecule has 1 aromatic carbocycles. The number of carbonyl (C=O) groups excluding carboxylic acids is 3. The van der Waals surface area contributed by atoms with Crippen molar-refractivity contribution in [1.82, 2.24) is 5.16 Å². The molecule has 0 bridgehead atoms. The van der Waals surface area contributed by atoms with Gasteiger partial charge in [0.2, 0.25) is 11.7 Å². The molecule has 0 radical (unpaired) electrons. The van der Waals surface area contributed by atoms with Crippen LogP contribution in [0, 0.1) is 41.5 Å². The molecule has 0 unspecified atom stereocenters. The Balaban J connectivity index is 1.82. The van der Waals surface area contributed by atoms with Crippen LogP contribution in [0.5, 0.6) is 0 Å². The highest BCUT2D eigenvalue weighted by atomic mass is 32.2. The van der Waals surface area contributed by atoms with Gasteiger partial charge in [0.25, 0.3) is 0 Å². The van der Waals surface area contributed by atoms with Crippen molar-refractivity contribution in [3.8, 4) is 0 Å².